The van der Waals surface area contributed by atoms with Gasteiger partial charge < -0.3 is 10.6 Å². The molecule has 150 valence electrons. The molecule has 3 rings (SSSR count). The third-order valence-corrected chi connectivity index (χ3v) is 5.65. The minimum atomic E-state index is -3.74. The van der Waals surface area contributed by atoms with Crippen molar-refractivity contribution in [3.63, 3.8) is 0 Å². The van der Waals surface area contributed by atoms with Crippen molar-refractivity contribution >= 4 is 44.7 Å². The molecule has 3 N–H and O–H groups in total. The highest BCUT2D eigenvalue weighted by molar-refractivity contribution is 7.92. The van der Waals surface area contributed by atoms with E-state index < -0.39 is 16.1 Å². The summed E-state index contributed by atoms with van der Waals surface area (Å²) in [6, 6.07) is 17.7. The first-order chi connectivity index (χ1) is 13.7. The van der Waals surface area contributed by atoms with Gasteiger partial charge in [0.05, 0.1) is 4.90 Å². The first-order valence-electron chi connectivity index (χ1n) is 8.76. The van der Waals surface area contributed by atoms with Crippen LogP contribution >= 0.6 is 11.6 Å². The zero-order chi connectivity index (χ0) is 21.0. The van der Waals surface area contributed by atoms with Crippen LogP contribution < -0.4 is 15.4 Å². The zero-order valence-corrected chi connectivity index (χ0v) is 17.4. The van der Waals surface area contributed by atoms with Gasteiger partial charge >= 0.3 is 6.03 Å². The molecule has 0 atom stereocenters. The van der Waals surface area contributed by atoms with E-state index >= 15 is 0 Å². The van der Waals surface area contributed by atoms with E-state index in [1.165, 1.54) is 24.3 Å². The summed E-state index contributed by atoms with van der Waals surface area (Å²) in [6.07, 6.45) is 0. The van der Waals surface area contributed by atoms with E-state index in [9.17, 15) is 13.2 Å². The van der Waals surface area contributed by atoms with Gasteiger partial charge in [-0.25, -0.2) is 13.2 Å². The summed E-state index contributed by atoms with van der Waals surface area (Å²) in [6.45, 7) is 3.81. The summed E-state index contributed by atoms with van der Waals surface area (Å²) in [7, 11) is -3.74. The molecule has 0 unspecified atom stereocenters. The Morgan fingerprint density at radius 1 is 0.759 bits per heavy atom. The molecule has 0 heterocycles. The molecule has 0 aliphatic carbocycles. The number of hydrogen-bond donors (Lipinski definition) is 3. The average Bonchev–Trinajstić information content (AvgIpc) is 2.63. The third kappa shape index (κ3) is 5.73. The second-order valence-electron chi connectivity index (χ2n) is 6.59. The second-order valence-corrected chi connectivity index (χ2v) is 8.71. The molecule has 3 aromatic rings. The van der Waals surface area contributed by atoms with Crippen LogP contribution in [0.1, 0.15) is 11.1 Å². The van der Waals surface area contributed by atoms with E-state index in [1.807, 2.05) is 19.9 Å². The molecule has 0 saturated carbocycles. The molecule has 0 aliphatic heterocycles. The number of rotatable bonds is 5. The van der Waals surface area contributed by atoms with E-state index in [4.69, 9.17) is 11.6 Å². The van der Waals surface area contributed by atoms with Gasteiger partial charge in [-0.15, -0.1) is 0 Å². The monoisotopic (exact) mass is 429 g/mol. The van der Waals surface area contributed by atoms with Crippen LogP contribution in [0.5, 0.6) is 0 Å². The summed E-state index contributed by atoms with van der Waals surface area (Å²) < 4.78 is 27.8. The van der Waals surface area contributed by atoms with Crippen molar-refractivity contribution in [2.75, 3.05) is 15.4 Å². The topological polar surface area (TPSA) is 87.3 Å². The SMILES string of the molecule is Cc1cc(C)cc(NS(=O)(=O)c2ccc(NC(=O)Nc3ccc(Cl)cc3)cc2)c1. The summed E-state index contributed by atoms with van der Waals surface area (Å²) in [5.41, 5.74) is 3.49. The molecule has 0 fully saturated rings. The lowest BCUT2D eigenvalue weighted by Crippen LogP contribution is -2.19. The normalized spacial score (nSPS) is 11.0. The molecule has 29 heavy (non-hydrogen) atoms. The molecule has 0 saturated heterocycles. The summed E-state index contributed by atoms with van der Waals surface area (Å²) >= 11 is 5.81. The standard InChI is InChI=1S/C21H20ClN3O3S/c1-14-11-15(2)13-19(12-14)25-29(27,28)20-9-7-18(8-10-20)24-21(26)23-17-5-3-16(22)4-6-17/h3-13,25H,1-2H3,(H2,23,24,26). The fraction of sp³-hybridized carbons (Fsp3) is 0.0952. The maximum Gasteiger partial charge on any atom is 0.323 e. The highest BCUT2D eigenvalue weighted by Crippen LogP contribution is 2.21. The van der Waals surface area contributed by atoms with Gasteiger partial charge in [0.15, 0.2) is 0 Å². The summed E-state index contributed by atoms with van der Waals surface area (Å²) in [5, 5.41) is 5.89. The van der Waals surface area contributed by atoms with Crippen molar-refractivity contribution in [1.82, 2.24) is 0 Å². The maximum atomic E-state index is 12.6. The van der Waals surface area contributed by atoms with Gasteiger partial charge in [0.1, 0.15) is 0 Å². The van der Waals surface area contributed by atoms with Gasteiger partial charge in [0.25, 0.3) is 10.0 Å². The highest BCUT2D eigenvalue weighted by Gasteiger charge is 2.15. The molecule has 6 nitrogen and oxygen atoms in total. The van der Waals surface area contributed by atoms with Crippen molar-refractivity contribution < 1.29 is 13.2 Å². The van der Waals surface area contributed by atoms with Crippen molar-refractivity contribution in [3.8, 4) is 0 Å². The first kappa shape index (κ1) is 20.7. The van der Waals surface area contributed by atoms with E-state index in [0.29, 0.717) is 22.1 Å². The fourth-order valence-electron chi connectivity index (χ4n) is 2.79. The number of benzene rings is 3. The molecular weight excluding hydrogens is 410 g/mol. The molecule has 0 aromatic heterocycles. The maximum absolute atomic E-state index is 12.6. The molecular formula is C21H20ClN3O3S. The Morgan fingerprint density at radius 3 is 1.76 bits per heavy atom. The lowest BCUT2D eigenvalue weighted by molar-refractivity contribution is 0.262. The van der Waals surface area contributed by atoms with Gasteiger partial charge in [0.2, 0.25) is 0 Å². The molecule has 2 amide bonds. The molecule has 0 spiro atoms. The van der Waals surface area contributed by atoms with Crippen LogP contribution in [0.3, 0.4) is 0 Å². The number of anilines is 3. The van der Waals surface area contributed by atoms with Gasteiger partial charge in [0, 0.05) is 22.1 Å². The van der Waals surface area contributed by atoms with Crippen LogP contribution in [0.25, 0.3) is 0 Å². The van der Waals surface area contributed by atoms with Gasteiger partial charge in [-0.05, 0) is 85.6 Å². The van der Waals surface area contributed by atoms with Crippen molar-refractivity contribution in [3.05, 3.63) is 82.9 Å². The van der Waals surface area contributed by atoms with Gasteiger partial charge in [-0.2, -0.15) is 0 Å². The van der Waals surface area contributed by atoms with Gasteiger partial charge in [-0.3, -0.25) is 4.72 Å². The number of nitrogens with one attached hydrogen (secondary N) is 3. The number of urea groups is 1. The fourth-order valence-corrected chi connectivity index (χ4v) is 3.96. The Kier molecular flexibility index (Phi) is 6.10. The van der Waals surface area contributed by atoms with Crippen LogP contribution in [0, 0.1) is 13.8 Å². The molecule has 3 aromatic carbocycles. The lowest BCUT2D eigenvalue weighted by atomic mass is 10.1. The lowest BCUT2D eigenvalue weighted by Gasteiger charge is -2.11. The van der Waals surface area contributed by atoms with Crippen molar-refractivity contribution in [1.29, 1.82) is 0 Å². The smallest absolute Gasteiger partial charge is 0.308 e. The number of carbonyl (C=O) groups excluding carboxylic acids is 1. The molecule has 8 heteroatoms. The van der Waals surface area contributed by atoms with Crippen LogP contribution in [-0.4, -0.2) is 14.4 Å². The molecule has 0 bridgehead atoms. The number of aryl methyl sites for hydroxylation is 2. The largest absolute Gasteiger partial charge is 0.323 e. The van der Waals surface area contributed by atoms with E-state index in [1.54, 1.807) is 36.4 Å². The number of sulfonamides is 1. The zero-order valence-electron chi connectivity index (χ0n) is 15.9. The van der Waals surface area contributed by atoms with Gasteiger partial charge in [-0.1, -0.05) is 17.7 Å². The van der Waals surface area contributed by atoms with Crippen LogP contribution in [0.4, 0.5) is 21.9 Å². The minimum absolute atomic E-state index is 0.0975. The van der Waals surface area contributed by atoms with Crippen LogP contribution in [0.2, 0.25) is 5.02 Å². The quantitative estimate of drug-likeness (QED) is 0.507. The van der Waals surface area contributed by atoms with E-state index in [2.05, 4.69) is 15.4 Å². The van der Waals surface area contributed by atoms with E-state index in [-0.39, 0.29) is 4.90 Å². The number of carbonyl (C=O) groups is 1. The Balaban J connectivity index is 1.67. The van der Waals surface area contributed by atoms with Crippen molar-refractivity contribution in [2.24, 2.45) is 0 Å². The highest BCUT2D eigenvalue weighted by atomic mass is 35.5. The second kappa shape index (κ2) is 8.55. The minimum Gasteiger partial charge on any atom is -0.308 e. The summed E-state index contributed by atoms with van der Waals surface area (Å²) in [4.78, 5) is 12.2. The number of halogens is 1. The number of hydrogen-bond acceptors (Lipinski definition) is 3. The van der Waals surface area contributed by atoms with Crippen molar-refractivity contribution in [2.45, 2.75) is 18.7 Å². The predicted octanol–water partition coefficient (Wildman–Crippen LogP) is 5.40. The van der Waals surface area contributed by atoms with Crippen LogP contribution in [-0.2, 0) is 10.0 Å². The average molecular weight is 430 g/mol. The first-order valence-corrected chi connectivity index (χ1v) is 10.6. The predicted molar refractivity (Wildman–Crippen MR) is 117 cm³/mol. The van der Waals surface area contributed by atoms with Crippen LogP contribution in [0.15, 0.2) is 71.6 Å². The summed E-state index contributed by atoms with van der Waals surface area (Å²) in [5.74, 6) is 0. The van der Waals surface area contributed by atoms with E-state index in [0.717, 1.165) is 11.1 Å². The molecule has 0 aliphatic rings. The Morgan fingerprint density at radius 2 is 1.24 bits per heavy atom. The Labute approximate surface area is 175 Å². The third-order valence-electron chi connectivity index (χ3n) is 4.00. The Hall–Kier alpha value is -3.03. The Bertz CT molecular complexity index is 1110. The molecule has 0 radical (unpaired) electrons. The number of amides is 2.